The molecule has 1 aromatic carbocycles. The van der Waals surface area contributed by atoms with Crippen LogP contribution in [0.15, 0.2) is 24.3 Å². The molecule has 2 aliphatic heterocycles. The van der Waals surface area contributed by atoms with Crippen LogP contribution in [0.4, 0.5) is 11.4 Å². The van der Waals surface area contributed by atoms with Crippen LogP contribution in [0.3, 0.4) is 0 Å². The van der Waals surface area contributed by atoms with Crippen LogP contribution in [0.5, 0.6) is 0 Å². The van der Waals surface area contributed by atoms with E-state index >= 15 is 0 Å². The zero-order valence-corrected chi connectivity index (χ0v) is 20.4. The lowest BCUT2D eigenvalue weighted by Crippen LogP contribution is -2.71. The predicted octanol–water partition coefficient (Wildman–Crippen LogP) is -3.92. The lowest BCUT2D eigenvalue weighted by molar-refractivity contribution is -0.520. The molecule has 2 aliphatic rings. The Balaban J connectivity index is 1.95. The second-order valence-electron chi connectivity index (χ2n) is 8.90. The first-order chi connectivity index (χ1) is 17.9. The maximum absolute atomic E-state index is 12.9. The minimum atomic E-state index is -2.10. The molecular formula is C22H30N3O13-. The Bertz CT molecular complexity index is 995. The van der Waals surface area contributed by atoms with Crippen LogP contribution in [0.1, 0.15) is 13.8 Å². The van der Waals surface area contributed by atoms with Crippen molar-refractivity contribution in [2.75, 3.05) is 18.1 Å². The molecule has 0 aliphatic carbocycles. The average molecular weight is 544 g/mol. The van der Waals surface area contributed by atoms with Crippen LogP contribution in [0.2, 0.25) is 0 Å². The van der Waals surface area contributed by atoms with Crippen molar-refractivity contribution < 1.29 is 59.4 Å². The number of amides is 2. The number of rotatable bonds is 8. The van der Waals surface area contributed by atoms with Crippen molar-refractivity contribution in [2.45, 2.75) is 75.1 Å². The highest BCUT2D eigenvalue weighted by Crippen LogP contribution is 2.32. The van der Waals surface area contributed by atoms with Gasteiger partial charge in [0.25, 0.3) is 5.69 Å². The smallest absolute Gasteiger partial charge is 0.269 e. The second kappa shape index (κ2) is 12.4. The van der Waals surface area contributed by atoms with Crippen molar-refractivity contribution in [1.29, 1.82) is 0 Å². The van der Waals surface area contributed by atoms with Crippen LogP contribution in [0.25, 0.3) is 0 Å². The fourth-order valence-electron chi connectivity index (χ4n) is 4.54. The first-order valence-corrected chi connectivity index (χ1v) is 11.6. The summed E-state index contributed by atoms with van der Waals surface area (Å²) in [7, 11) is 0. The Morgan fingerprint density at radius 3 is 2.13 bits per heavy atom. The van der Waals surface area contributed by atoms with Gasteiger partial charge in [0, 0.05) is 38.0 Å². The number of nitrogens with one attached hydrogen (secondary N) is 1. The van der Waals surface area contributed by atoms with Crippen molar-refractivity contribution in [3.05, 3.63) is 34.4 Å². The van der Waals surface area contributed by atoms with Crippen LogP contribution in [-0.2, 0) is 23.8 Å². The monoisotopic (exact) mass is 544 g/mol. The average Bonchev–Trinajstić information content (AvgIpc) is 2.86. The molecule has 0 saturated carbocycles. The number of hydrogen-bond acceptors (Lipinski definition) is 13. The molecule has 1 aromatic rings. The summed E-state index contributed by atoms with van der Waals surface area (Å²) in [6.07, 6.45) is -13.2. The first kappa shape index (κ1) is 29.8. The summed E-state index contributed by atoms with van der Waals surface area (Å²) in [6, 6.07) is 1.54. The summed E-state index contributed by atoms with van der Waals surface area (Å²) in [5.74, 6) is -1.36. The number of carbonyl (C=O) groups is 2. The highest BCUT2D eigenvalue weighted by Gasteiger charge is 2.51. The van der Waals surface area contributed by atoms with Gasteiger partial charge in [-0.15, -0.1) is 0 Å². The quantitative estimate of drug-likeness (QED) is 0.135. The van der Waals surface area contributed by atoms with Gasteiger partial charge in [-0.1, -0.05) is 0 Å². The highest BCUT2D eigenvalue weighted by molar-refractivity contribution is 5.92. The fourth-order valence-corrected chi connectivity index (χ4v) is 4.54. The molecule has 2 heterocycles. The molecule has 0 bridgehead atoms. The summed E-state index contributed by atoms with van der Waals surface area (Å²) in [6.45, 7) is 0.643. The van der Waals surface area contributed by atoms with Crippen molar-refractivity contribution in [2.24, 2.45) is 0 Å². The number of aliphatic hydroxyl groups is 5. The number of carbonyl (C=O) groups excluding carboxylic acids is 2. The van der Waals surface area contributed by atoms with E-state index in [2.05, 4.69) is 5.32 Å². The molecule has 6 N–H and O–H groups in total. The summed E-state index contributed by atoms with van der Waals surface area (Å²) in [4.78, 5) is 35.5. The zero-order valence-electron chi connectivity index (χ0n) is 20.4. The van der Waals surface area contributed by atoms with E-state index in [1.54, 1.807) is 0 Å². The van der Waals surface area contributed by atoms with E-state index < -0.39 is 91.2 Å². The van der Waals surface area contributed by atoms with Crippen LogP contribution < -0.4 is 15.3 Å². The van der Waals surface area contributed by atoms with Gasteiger partial charge in [0.05, 0.1) is 24.2 Å². The van der Waals surface area contributed by atoms with E-state index in [4.69, 9.17) is 14.2 Å². The van der Waals surface area contributed by atoms with E-state index in [-0.39, 0.29) is 11.4 Å². The molecule has 2 fully saturated rings. The molecule has 2 amide bonds. The van der Waals surface area contributed by atoms with E-state index in [0.717, 1.165) is 30.9 Å². The largest absolute Gasteiger partial charge is 0.829 e. The molecule has 3 rings (SSSR count). The number of anilines is 1. The fraction of sp³-hybridized carbons (Fsp3) is 0.636. The molecule has 38 heavy (non-hydrogen) atoms. The normalized spacial score (nSPS) is 35.4. The summed E-state index contributed by atoms with van der Waals surface area (Å²) < 4.78 is 16.6. The third-order valence-corrected chi connectivity index (χ3v) is 6.34. The van der Waals surface area contributed by atoms with Gasteiger partial charge in [0.1, 0.15) is 42.7 Å². The Morgan fingerprint density at radius 1 is 1.03 bits per heavy atom. The van der Waals surface area contributed by atoms with Gasteiger partial charge in [-0.25, -0.2) is 0 Å². The van der Waals surface area contributed by atoms with Crippen molar-refractivity contribution in [3.63, 3.8) is 0 Å². The van der Waals surface area contributed by atoms with Gasteiger partial charge in [-0.3, -0.25) is 19.7 Å². The number of nitro groups is 1. The third kappa shape index (κ3) is 6.09. The number of ether oxygens (including phenoxy) is 3. The minimum Gasteiger partial charge on any atom is -0.829 e. The number of hydrogen-bond donors (Lipinski definition) is 6. The lowest BCUT2D eigenvalue weighted by atomic mass is 9.93. The summed E-state index contributed by atoms with van der Waals surface area (Å²) in [5.41, 5.74) is -0.253. The molecule has 2 saturated heterocycles. The Labute approximate surface area is 216 Å². The van der Waals surface area contributed by atoms with E-state index in [9.17, 15) is 50.3 Å². The van der Waals surface area contributed by atoms with Crippen molar-refractivity contribution in [1.82, 2.24) is 5.32 Å². The van der Waals surface area contributed by atoms with E-state index in [1.165, 1.54) is 12.1 Å². The number of benzene rings is 1. The minimum absolute atomic E-state index is 0.0294. The predicted molar refractivity (Wildman–Crippen MR) is 122 cm³/mol. The number of nitrogens with zero attached hydrogens (tertiary/aromatic N) is 2. The Kier molecular flexibility index (Phi) is 9.69. The van der Waals surface area contributed by atoms with E-state index in [0.29, 0.717) is 0 Å². The lowest BCUT2D eigenvalue weighted by Gasteiger charge is -2.52. The van der Waals surface area contributed by atoms with Gasteiger partial charge in [-0.2, -0.15) is 0 Å². The molecule has 10 atom stereocenters. The molecule has 0 spiro atoms. The van der Waals surface area contributed by atoms with Gasteiger partial charge < -0.3 is 55.1 Å². The van der Waals surface area contributed by atoms with Crippen molar-refractivity contribution >= 4 is 23.2 Å². The highest BCUT2D eigenvalue weighted by atomic mass is 16.7. The third-order valence-electron chi connectivity index (χ3n) is 6.34. The molecular weight excluding hydrogens is 514 g/mol. The molecule has 0 aromatic heterocycles. The van der Waals surface area contributed by atoms with Crippen LogP contribution >= 0.6 is 0 Å². The van der Waals surface area contributed by atoms with Crippen LogP contribution in [0, 0.1) is 10.1 Å². The van der Waals surface area contributed by atoms with E-state index in [1.807, 2.05) is 0 Å². The molecule has 0 unspecified atom stereocenters. The van der Waals surface area contributed by atoms with Gasteiger partial charge in [0.15, 0.2) is 6.29 Å². The van der Waals surface area contributed by atoms with Gasteiger partial charge in [-0.05, 0) is 12.1 Å². The molecule has 16 nitrogen and oxygen atoms in total. The molecule has 0 radical (unpaired) electrons. The maximum atomic E-state index is 12.9. The SMILES string of the molecule is CC(=O)N[C@H]1[C@H](O[C@H]2[C@H](O)[C@@H](N(C(C)=O)c3ccc([N+](=O)[O-])cc3)[C@H]([O-])O[C@@H]2CO)O[C@H](CO)[C@@H](O)[C@@H]1O. The Hall–Kier alpha value is -2.80. The topological polar surface area (TPSA) is 244 Å². The number of nitro benzene ring substituents is 1. The standard InChI is InChI=1S/C22H30N3O13/c1-9(28)23-15-18(31)17(30)13(7-26)37-22(15)38-20-14(8-27)36-21(33)16(19(20)32)24(10(2)29)11-3-5-12(6-4-11)25(34)35/h3-6,13-22,26-27,30-32H,7-8H2,1-2H3,(H,23,28)/q-1/t13-,14-,15-,16-,17-,18-,19-,20-,21-,22+/m1/s1. The van der Waals surface area contributed by atoms with Crippen LogP contribution in [-0.4, -0.2) is 117 Å². The summed E-state index contributed by atoms with van der Waals surface area (Å²) >= 11 is 0. The second-order valence-corrected chi connectivity index (χ2v) is 8.90. The van der Waals surface area contributed by atoms with Gasteiger partial charge in [0.2, 0.25) is 11.8 Å². The molecule has 212 valence electrons. The summed E-state index contributed by atoms with van der Waals surface area (Å²) in [5, 5.41) is 77.6. The Morgan fingerprint density at radius 2 is 1.63 bits per heavy atom. The number of aliphatic hydroxyl groups excluding tert-OH is 5. The van der Waals surface area contributed by atoms with Crippen molar-refractivity contribution in [3.8, 4) is 0 Å². The number of non-ortho nitro benzene ring substituents is 1. The first-order valence-electron chi connectivity index (χ1n) is 11.6. The van der Waals surface area contributed by atoms with Gasteiger partial charge >= 0.3 is 0 Å². The molecule has 16 heteroatoms. The maximum Gasteiger partial charge on any atom is 0.269 e. The zero-order chi connectivity index (χ0) is 28.3.